The molecule has 0 atom stereocenters. The summed E-state index contributed by atoms with van der Waals surface area (Å²) in [6, 6.07) is 0. The molecule has 0 spiro atoms. The van der Waals surface area contributed by atoms with E-state index in [1.807, 2.05) is 0 Å². The zero-order valence-electron chi connectivity index (χ0n) is 5.75. The van der Waals surface area contributed by atoms with Crippen molar-refractivity contribution in [3.63, 3.8) is 0 Å². The van der Waals surface area contributed by atoms with E-state index in [1.165, 1.54) is 19.9 Å². The Kier molecular flexibility index (Phi) is 1.99. The summed E-state index contributed by atoms with van der Waals surface area (Å²) < 4.78 is 24.6. The molecule has 0 rings (SSSR count). The molecule has 0 unspecified atom stereocenters. The highest BCUT2D eigenvalue weighted by molar-refractivity contribution is 4.99. The molecule has 0 aliphatic rings. The van der Waals surface area contributed by atoms with E-state index in [-0.39, 0.29) is 0 Å². The molecule has 0 bridgehead atoms. The van der Waals surface area contributed by atoms with Crippen LogP contribution in [0.5, 0.6) is 0 Å². The van der Waals surface area contributed by atoms with Crippen LogP contribution in [0.25, 0.3) is 0 Å². The van der Waals surface area contributed by atoms with Crippen molar-refractivity contribution in [1.29, 1.82) is 0 Å². The average Bonchev–Trinajstić information content (AvgIpc) is 1.64. The van der Waals surface area contributed by atoms with Gasteiger partial charge in [0.15, 0.2) is 0 Å². The summed E-state index contributed by atoms with van der Waals surface area (Å²) in [6.45, 7) is 8.78. The predicted molar refractivity (Wildman–Crippen MR) is 34.3 cm³/mol. The monoisotopic (exact) mass is 133 g/mol. The van der Waals surface area contributed by atoms with E-state index in [0.29, 0.717) is 0 Å². The van der Waals surface area contributed by atoms with E-state index >= 15 is 0 Å². The maximum Gasteiger partial charge on any atom is 0.256 e. The van der Waals surface area contributed by atoms with Crippen LogP contribution in [0.3, 0.4) is 0 Å². The number of halogens is 2. The van der Waals surface area contributed by atoms with E-state index in [0.717, 1.165) is 0 Å². The lowest BCUT2D eigenvalue weighted by molar-refractivity contribution is -0.0367. The molecule has 0 heterocycles. The summed E-state index contributed by atoms with van der Waals surface area (Å²) in [6.07, 6.45) is 1.21. The fourth-order valence-corrected chi connectivity index (χ4v) is 0.149. The molecule has 0 saturated carbocycles. The van der Waals surface area contributed by atoms with Gasteiger partial charge in [0.25, 0.3) is 5.92 Å². The Balaban J connectivity index is 4.32. The second kappa shape index (κ2) is 2.09. The van der Waals surface area contributed by atoms with E-state index in [9.17, 15) is 8.78 Å². The number of hydrogen-bond donors (Lipinski definition) is 0. The zero-order chi connectivity index (χ0) is 7.71. The Bertz CT molecular complexity index is 109. The van der Waals surface area contributed by atoms with E-state index < -0.39 is 11.3 Å². The van der Waals surface area contributed by atoms with Crippen LogP contribution in [-0.2, 0) is 0 Å². The van der Waals surface area contributed by atoms with Crippen molar-refractivity contribution in [2.75, 3.05) is 0 Å². The third-order valence-electron chi connectivity index (χ3n) is 1.45. The van der Waals surface area contributed by atoms with Crippen molar-refractivity contribution >= 4 is 0 Å². The largest absolute Gasteiger partial charge is 0.256 e. The molecule has 0 amide bonds. The zero-order valence-corrected chi connectivity index (χ0v) is 5.75. The number of alkyl halides is 2. The molecule has 9 heavy (non-hydrogen) atoms. The molecule has 1 radical (unpaired) electrons. The molecule has 0 saturated heterocycles. The summed E-state index contributed by atoms with van der Waals surface area (Å²) >= 11 is 0. The van der Waals surface area contributed by atoms with Crippen LogP contribution in [0.15, 0.2) is 12.7 Å². The van der Waals surface area contributed by atoms with Crippen LogP contribution in [0, 0.1) is 12.3 Å². The summed E-state index contributed by atoms with van der Waals surface area (Å²) in [5.74, 6) is -2.92. The standard InChI is InChI=1S/C7H11F2/c1-5-6(2,3)7(4,8)9/h5H,1,4H2,2-3H3. The van der Waals surface area contributed by atoms with Crippen LogP contribution in [0.1, 0.15) is 13.8 Å². The minimum atomic E-state index is -2.92. The maximum atomic E-state index is 12.3. The molecule has 0 aromatic heterocycles. The Labute approximate surface area is 54.6 Å². The smallest absolute Gasteiger partial charge is 0.206 e. The van der Waals surface area contributed by atoms with Gasteiger partial charge in [-0.25, -0.2) is 8.78 Å². The van der Waals surface area contributed by atoms with Crippen LogP contribution in [-0.4, -0.2) is 5.92 Å². The molecule has 53 valence electrons. The first-order valence-electron chi connectivity index (χ1n) is 2.68. The maximum absolute atomic E-state index is 12.3. The molecule has 0 aliphatic heterocycles. The number of allylic oxidation sites excluding steroid dienone is 1. The van der Waals surface area contributed by atoms with Gasteiger partial charge in [-0.3, -0.25) is 0 Å². The van der Waals surface area contributed by atoms with Gasteiger partial charge in [-0.2, -0.15) is 0 Å². The third kappa shape index (κ3) is 1.77. The SMILES string of the molecule is [CH2]C(F)(F)C(C)(C)C=C. The first-order chi connectivity index (χ1) is 3.81. The number of hydrogen-bond acceptors (Lipinski definition) is 0. The van der Waals surface area contributed by atoms with Crippen molar-refractivity contribution in [3.8, 4) is 0 Å². The highest BCUT2D eigenvalue weighted by Gasteiger charge is 2.39. The lowest BCUT2D eigenvalue weighted by Gasteiger charge is -2.26. The average molecular weight is 133 g/mol. The molecular weight excluding hydrogens is 122 g/mol. The normalized spacial score (nSPS) is 13.4. The Morgan fingerprint density at radius 3 is 1.67 bits per heavy atom. The first-order valence-corrected chi connectivity index (χ1v) is 2.68. The molecular formula is C7H11F2. The van der Waals surface area contributed by atoms with Gasteiger partial charge in [0.2, 0.25) is 0 Å². The van der Waals surface area contributed by atoms with Crippen LogP contribution in [0.2, 0.25) is 0 Å². The van der Waals surface area contributed by atoms with Crippen molar-refractivity contribution in [3.05, 3.63) is 19.6 Å². The summed E-state index contributed by atoms with van der Waals surface area (Å²) in [4.78, 5) is 0. The molecule has 0 aromatic carbocycles. The first kappa shape index (κ1) is 8.60. The molecule has 0 aromatic rings. The van der Waals surface area contributed by atoms with Gasteiger partial charge < -0.3 is 0 Å². The van der Waals surface area contributed by atoms with Gasteiger partial charge >= 0.3 is 0 Å². The minimum absolute atomic E-state index is 1.20. The summed E-state index contributed by atoms with van der Waals surface area (Å²) in [5.41, 5.74) is -1.20. The third-order valence-corrected chi connectivity index (χ3v) is 1.45. The minimum Gasteiger partial charge on any atom is -0.206 e. The lowest BCUT2D eigenvalue weighted by atomic mass is 9.87. The second-order valence-electron chi connectivity index (χ2n) is 2.63. The Morgan fingerprint density at radius 1 is 1.33 bits per heavy atom. The van der Waals surface area contributed by atoms with Gasteiger partial charge in [0, 0.05) is 12.3 Å². The van der Waals surface area contributed by atoms with Crippen LogP contribution >= 0.6 is 0 Å². The highest BCUT2D eigenvalue weighted by Crippen LogP contribution is 2.35. The van der Waals surface area contributed by atoms with Crippen molar-refractivity contribution in [1.82, 2.24) is 0 Å². The van der Waals surface area contributed by atoms with Gasteiger partial charge in [0.1, 0.15) is 0 Å². The van der Waals surface area contributed by atoms with Crippen molar-refractivity contribution < 1.29 is 8.78 Å². The van der Waals surface area contributed by atoms with Crippen LogP contribution in [0.4, 0.5) is 8.78 Å². The Hall–Kier alpha value is -0.400. The molecule has 2 heteroatoms. The van der Waals surface area contributed by atoms with Gasteiger partial charge in [-0.15, -0.1) is 6.58 Å². The van der Waals surface area contributed by atoms with Crippen molar-refractivity contribution in [2.45, 2.75) is 19.8 Å². The molecule has 0 aliphatic carbocycles. The lowest BCUT2D eigenvalue weighted by Crippen LogP contribution is -2.31. The van der Waals surface area contributed by atoms with Crippen molar-refractivity contribution in [2.24, 2.45) is 5.41 Å². The number of rotatable bonds is 2. The van der Waals surface area contributed by atoms with Crippen LogP contribution < -0.4 is 0 Å². The summed E-state index contributed by atoms with van der Waals surface area (Å²) in [7, 11) is 0. The quantitative estimate of drug-likeness (QED) is 0.508. The van der Waals surface area contributed by atoms with E-state index in [4.69, 9.17) is 0 Å². The van der Waals surface area contributed by atoms with Gasteiger partial charge in [-0.05, 0) is 0 Å². The predicted octanol–water partition coefficient (Wildman–Crippen LogP) is 2.67. The second-order valence-corrected chi connectivity index (χ2v) is 2.63. The van der Waals surface area contributed by atoms with Gasteiger partial charge in [-0.1, -0.05) is 19.9 Å². The molecule has 0 fully saturated rings. The highest BCUT2D eigenvalue weighted by atomic mass is 19.3. The fourth-order valence-electron chi connectivity index (χ4n) is 0.149. The van der Waals surface area contributed by atoms with E-state index in [1.54, 1.807) is 0 Å². The van der Waals surface area contributed by atoms with Gasteiger partial charge in [0.05, 0.1) is 0 Å². The molecule has 0 N–H and O–H groups in total. The fraction of sp³-hybridized carbons (Fsp3) is 0.571. The topological polar surface area (TPSA) is 0 Å². The van der Waals surface area contributed by atoms with E-state index in [2.05, 4.69) is 13.5 Å². The Morgan fingerprint density at radius 2 is 1.67 bits per heavy atom. The summed E-state index contributed by atoms with van der Waals surface area (Å²) in [5, 5.41) is 0. The molecule has 0 nitrogen and oxygen atoms in total.